The fourth-order valence-corrected chi connectivity index (χ4v) is 1.18. The number of carbonyl (C=O) groups is 1. The Morgan fingerprint density at radius 3 is 1.69 bits per heavy atom. The van der Waals surface area contributed by atoms with Crippen LogP contribution in [0.5, 0.6) is 0 Å². The summed E-state index contributed by atoms with van der Waals surface area (Å²) in [7, 11) is 0. The lowest BCUT2D eigenvalue weighted by atomic mass is 9.97. The Balaban J connectivity index is 0.000000226. The van der Waals surface area contributed by atoms with Gasteiger partial charge in [-0.1, -0.05) is 19.3 Å². The summed E-state index contributed by atoms with van der Waals surface area (Å²) in [6.07, 6.45) is 6.66. The summed E-state index contributed by atoms with van der Waals surface area (Å²) >= 11 is 0. The van der Waals surface area contributed by atoms with Gasteiger partial charge in [0, 0.05) is 6.04 Å². The van der Waals surface area contributed by atoms with Crippen LogP contribution in [0, 0.1) is 0 Å². The fourth-order valence-electron chi connectivity index (χ4n) is 1.18. The molecule has 13 heavy (non-hydrogen) atoms. The molecule has 0 spiro atoms. The number of nitrogens with one attached hydrogen (secondary N) is 2. The Morgan fingerprint density at radius 1 is 1.08 bits per heavy atom. The van der Waals surface area contributed by atoms with Gasteiger partial charge in [-0.25, -0.2) is 16.5 Å². The van der Waals surface area contributed by atoms with Gasteiger partial charge in [0.25, 0.3) is 0 Å². The van der Waals surface area contributed by atoms with E-state index >= 15 is 0 Å². The molecule has 2 amide bonds. The fraction of sp³-hybridized carbons (Fsp3) is 0.857. The van der Waals surface area contributed by atoms with E-state index in [0.29, 0.717) is 6.04 Å². The van der Waals surface area contributed by atoms with E-state index in [-0.39, 0.29) is 0 Å². The SMILES string of the molecule is NC1CCCCC1.NNC(=O)NN. The van der Waals surface area contributed by atoms with Crippen LogP contribution in [0.2, 0.25) is 0 Å². The highest BCUT2D eigenvalue weighted by atomic mass is 16.2. The summed E-state index contributed by atoms with van der Waals surface area (Å²) in [4.78, 5) is 9.71. The second-order valence-electron chi connectivity index (χ2n) is 3.02. The molecule has 6 nitrogen and oxygen atoms in total. The zero-order valence-electron chi connectivity index (χ0n) is 7.75. The number of nitrogens with two attached hydrogens (primary N) is 3. The van der Waals surface area contributed by atoms with Gasteiger partial charge in [-0.2, -0.15) is 0 Å². The quantitative estimate of drug-likeness (QED) is 0.197. The van der Waals surface area contributed by atoms with Crippen molar-refractivity contribution in [1.29, 1.82) is 0 Å². The summed E-state index contributed by atoms with van der Waals surface area (Å²) in [6, 6.07) is -0.0660. The number of rotatable bonds is 0. The maximum absolute atomic E-state index is 9.71. The molecule has 0 radical (unpaired) electrons. The highest BCUT2D eigenvalue weighted by Crippen LogP contribution is 2.14. The molecule has 1 rings (SSSR count). The van der Waals surface area contributed by atoms with Gasteiger partial charge in [0.15, 0.2) is 0 Å². The summed E-state index contributed by atoms with van der Waals surface area (Å²) in [6.45, 7) is 0. The van der Waals surface area contributed by atoms with E-state index in [4.69, 9.17) is 5.73 Å². The molecule has 0 aromatic heterocycles. The maximum Gasteiger partial charge on any atom is 0.343 e. The topological polar surface area (TPSA) is 119 Å². The Kier molecular flexibility index (Phi) is 7.27. The van der Waals surface area contributed by atoms with E-state index in [1.807, 2.05) is 0 Å². The lowest BCUT2D eigenvalue weighted by molar-refractivity contribution is 0.241. The molecule has 1 saturated carbocycles. The molecule has 0 aliphatic heterocycles. The molecule has 6 heteroatoms. The molecule has 1 aliphatic carbocycles. The second-order valence-corrected chi connectivity index (χ2v) is 3.02. The van der Waals surface area contributed by atoms with Crippen LogP contribution in [0.25, 0.3) is 0 Å². The summed E-state index contributed by atoms with van der Waals surface area (Å²) < 4.78 is 0. The van der Waals surface area contributed by atoms with Gasteiger partial charge in [0.05, 0.1) is 0 Å². The molecule has 78 valence electrons. The first-order valence-electron chi connectivity index (χ1n) is 4.43. The molecular formula is C7H19N5O. The van der Waals surface area contributed by atoms with Crippen molar-refractivity contribution in [2.24, 2.45) is 17.4 Å². The number of carbonyl (C=O) groups excluding carboxylic acids is 1. The van der Waals surface area contributed by atoms with Crippen LogP contribution >= 0.6 is 0 Å². The Labute approximate surface area is 78.2 Å². The van der Waals surface area contributed by atoms with E-state index in [2.05, 4.69) is 11.7 Å². The van der Waals surface area contributed by atoms with Crippen molar-refractivity contribution in [3.63, 3.8) is 0 Å². The molecule has 0 saturated heterocycles. The molecule has 0 heterocycles. The van der Waals surface area contributed by atoms with Crippen LogP contribution < -0.4 is 28.3 Å². The van der Waals surface area contributed by atoms with Gasteiger partial charge in [0.1, 0.15) is 0 Å². The molecular weight excluding hydrogens is 170 g/mol. The molecule has 0 atom stereocenters. The van der Waals surface area contributed by atoms with Crippen molar-refractivity contribution in [2.75, 3.05) is 0 Å². The van der Waals surface area contributed by atoms with E-state index < -0.39 is 6.03 Å². The zero-order valence-corrected chi connectivity index (χ0v) is 7.75. The maximum atomic E-state index is 9.71. The van der Waals surface area contributed by atoms with Crippen LogP contribution in [0.4, 0.5) is 4.79 Å². The summed E-state index contributed by atoms with van der Waals surface area (Å²) in [5, 5.41) is 0. The molecule has 1 fully saturated rings. The lowest BCUT2D eigenvalue weighted by Crippen LogP contribution is -2.43. The van der Waals surface area contributed by atoms with Crippen LogP contribution in [0.1, 0.15) is 32.1 Å². The minimum Gasteiger partial charge on any atom is -0.328 e. The minimum atomic E-state index is -0.602. The standard InChI is InChI=1S/C6H13N.CH6N4O/c7-6-4-2-1-3-5-6;2-4-1(6)5-3/h6H,1-5,7H2;2-3H2,(H2,4,5,6). The number of hydrogen-bond acceptors (Lipinski definition) is 4. The van der Waals surface area contributed by atoms with Gasteiger partial charge < -0.3 is 5.73 Å². The van der Waals surface area contributed by atoms with Gasteiger partial charge >= 0.3 is 6.03 Å². The number of hydrazine groups is 2. The zero-order chi connectivity index (χ0) is 10.1. The third kappa shape index (κ3) is 7.51. The minimum absolute atomic E-state index is 0.536. The molecule has 1 aliphatic rings. The molecule has 0 aromatic carbocycles. The normalized spacial score (nSPS) is 16.8. The van der Waals surface area contributed by atoms with Crippen LogP contribution in [-0.2, 0) is 0 Å². The number of amides is 2. The average molecular weight is 189 g/mol. The van der Waals surface area contributed by atoms with Gasteiger partial charge in [-0.05, 0) is 12.8 Å². The van der Waals surface area contributed by atoms with E-state index in [1.165, 1.54) is 32.1 Å². The van der Waals surface area contributed by atoms with Crippen molar-refractivity contribution in [3.05, 3.63) is 0 Å². The number of urea groups is 1. The number of hydrogen-bond donors (Lipinski definition) is 5. The predicted octanol–water partition coefficient (Wildman–Crippen LogP) is -0.689. The third-order valence-corrected chi connectivity index (χ3v) is 1.91. The first-order valence-corrected chi connectivity index (χ1v) is 4.43. The van der Waals surface area contributed by atoms with Crippen LogP contribution in [-0.4, -0.2) is 12.1 Å². The van der Waals surface area contributed by atoms with Crippen LogP contribution in [0.3, 0.4) is 0 Å². The van der Waals surface area contributed by atoms with E-state index in [0.717, 1.165) is 0 Å². The Bertz CT molecular complexity index is 129. The van der Waals surface area contributed by atoms with Crippen molar-refractivity contribution in [1.82, 2.24) is 10.9 Å². The molecule has 8 N–H and O–H groups in total. The highest BCUT2D eigenvalue weighted by molar-refractivity contribution is 5.72. The third-order valence-electron chi connectivity index (χ3n) is 1.91. The largest absolute Gasteiger partial charge is 0.343 e. The van der Waals surface area contributed by atoms with Gasteiger partial charge in [0.2, 0.25) is 0 Å². The van der Waals surface area contributed by atoms with E-state index in [9.17, 15) is 4.79 Å². The molecule has 0 aromatic rings. The van der Waals surface area contributed by atoms with Gasteiger partial charge in [-0.3, -0.25) is 10.9 Å². The predicted molar refractivity (Wildman–Crippen MR) is 51.1 cm³/mol. The van der Waals surface area contributed by atoms with Crippen molar-refractivity contribution >= 4 is 6.03 Å². The average Bonchev–Trinajstić information content (AvgIpc) is 2.19. The monoisotopic (exact) mass is 189 g/mol. The second kappa shape index (κ2) is 7.78. The summed E-state index contributed by atoms with van der Waals surface area (Å²) in [5.41, 5.74) is 9.11. The summed E-state index contributed by atoms with van der Waals surface area (Å²) in [5.74, 6) is 9.08. The van der Waals surface area contributed by atoms with Gasteiger partial charge in [-0.15, -0.1) is 0 Å². The first kappa shape index (κ1) is 12.2. The van der Waals surface area contributed by atoms with Crippen molar-refractivity contribution in [2.45, 2.75) is 38.1 Å². The first-order chi connectivity index (χ1) is 6.20. The highest BCUT2D eigenvalue weighted by Gasteiger charge is 2.06. The molecule has 0 unspecified atom stereocenters. The van der Waals surface area contributed by atoms with Crippen molar-refractivity contribution < 1.29 is 4.79 Å². The molecule has 0 bridgehead atoms. The Hall–Kier alpha value is -0.850. The van der Waals surface area contributed by atoms with E-state index in [1.54, 1.807) is 10.9 Å². The van der Waals surface area contributed by atoms with Crippen LogP contribution in [0.15, 0.2) is 0 Å². The smallest absolute Gasteiger partial charge is 0.328 e. The lowest BCUT2D eigenvalue weighted by Gasteiger charge is -2.15. The Morgan fingerprint density at radius 2 is 1.54 bits per heavy atom. The van der Waals surface area contributed by atoms with Crippen molar-refractivity contribution in [3.8, 4) is 0 Å².